The number of carbonyl (C=O) groups excluding carboxylic acids is 1. The van der Waals surface area contributed by atoms with Crippen molar-refractivity contribution in [2.75, 3.05) is 10.6 Å². The van der Waals surface area contributed by atoms with Crippen LogP contribution in [0.2, 0.25) is 0 Å². The van der Waals surface area contributed by atoms with Crippen molar-refractivity contribution in [3.05, 3.63) is 41.7 Å². The molecule has 0 saturated heterocycles. The highest BCUT2D eigenvalue weighted by Crippen LogP contribution is 2.11. The van der Waals surface area contributed by atoms with Crippen LogP contribution in [0.25, 0.3) is 0 Å². The fourth-order valence-electron chi connectivity index (χ4n) is 1.53. The first kappa shape index (κ1) is 12.2. The van der Waals surface area contributed by atoms with Gasteiger partial charge in [-0.1, -0.05) is 24.2 Å². The van der Waals surface area contributed by atoms with Gasteiger partial charge in [0.2, 0.25) is 0 Å². The number of carbonyl (C=O) groups is 1. The lowest BCUT2D eigenvalue weighted by Gasteiger charge is -2.05. The van der Waals surface area contributed by atoms with Crippen LogP contribution in [0.15, 0.2) is 34.9 Å². The summed E-state index contributed by atoms with van der Waals surface area (Å²) < 4.78 is 4.85. The van der Waals surface area contributed by atoms with E-state index < -0.39 is 0 Å². The van der Waals surface area contributed by atoms with Crippen molar-refractivity contribution in [1.82, 2.24) is 5.16 Å². The Balaban J connectivity index is 1.94. The van der Waals surface area contributed by atoms with Gasteiger partial charge in [0.25, 0.3) is 0 Å². The maximum atomic E-state index is 11.6. The van der Waals surface area contributed by atoms with Crippen LogP contribution in [-0.4, -0.2) is 11.2 Å². The molecule has 0 saturated carbocycles. The Morgan fingerprint density at radius 3 is 2.56 bits per heavy atom. The van der Waals surface area contributed by atoms with Gasteiger partial charge >= 0.3 is 6.03 Å². The molecule has 0 aliphatic carbocycles. The molecule has 2 rings (SSSR count). The van der Waals surface area contributed by atoms with Crippen LogP contribution in [0.4, 0.5) is 16.3 Å². The minimum atomic E-state index is -0.340. The zero-order valence-electron chi connectivity index (χ0n) is 10.4. The van der Waals surface area contributed by atoms with Crippen molar-refractivity contribution in [1.29, 1.82) is 0 Å². The minimum absolute atomic E-state index is 0.340. The topological polar surface area (TPSA) is 67.2 Å². The Kier molecular flexibility index (Phi) is 3.62. The molecule has 5 heteroatoms. The second-order valence-electron chi connectivity index (χ2n) is 3.95. The van der Waals surface area contributed by atoms with Crippen LogP contribution in [0.3, 0.4) is 0 Å². The summed E-state index contributed by atoms with van der Waals surface area (Å²) in [5.41, 5.74) is 1.97. The average molecular weight is 245 g/mol. The Hall–Kier alpha value is -2.30. The number of hydrogen-bond acceptors (Lipinski definition) is 3. The third-order valence-electron chi connectivity index (χ3n) is 2.49. The van der Waals surface area contributed by atoms with Crippen LogP contribution in [-0.2, 0) is 6.42 Å². The summed E-state index contributed by atoms with van der Waals surface area (Å²) in [4.78, 5) is 11.6. The number of amides is 2. The molecule has 0 atom stereocenters. The van der Waals surface area contributed by atoms with E-state index in [0.717, 1.165) is 12.1 Å². The van der Waals surface area contributed by atoms with Crippen molar-refractivity contribution in [2.24, 2.45) is 0 Å². The Labute approximate surface area is 105 Å². The molecule has 0 aliphatic heterocycles. The van der Waals surface area contributed by atoms with Gasteiger partial charge < -0.3 is 9.84 Å². The fraction of sp³-hybridized carbons (Fsp3) is 0.231. The van der Waals surface area contributed by atoms with Crippen LogP contribution >= 0.6 is 0 Å². The zero-order valence-corrected chi connectivity index (χ0v) is 10.4. The lowest BCUT2D eigenvalue weighted by molar-refractivity contribution is 0.262. The van der Waals surface area contributed by atoms with E-state index in [1.165, 1.54) is 5.56 Å². The molecule has 1 heterocycles. The van der Waals surface area contributed by atoms with E-state index in [1.54, 1.807) is 13.0 Å². The zero-order chi connectivity index (χ0) is 13.0. The molecule has 1 aromatic heterocycles. The molecule has 0 unspecified atom stereocenters. The highest BCUT2D eigenvalue weighted by atomic mass is 16.5. The second kappa shape index (κ2) is 5.35. The molecule has 1 aromatic carbocycles. The summed E-state index contributed by atoms with van der Waals surface area (Å²) in [6.45, 7) is 3.85. The standard InChI is InChI=1S/C13H15N3O2/c1-3-10-4-6-11(7-5-10)14-13(17)15-12-8-9(2)18-16-12/h4-8H,3H2,1-2H3,(H2,14,15,16,17). The molecule has 0 aliphatic rings. The van der Waals surface area contributed by atoms with Crippen molar-refractivity contribution < 1.29 is 9.32 Å². The maximum absolute atomic E-state index is 11.6. The quantitative estimate of drug-likeness (QED) is 0.872. The highest BCUT2D eigenvalue weighted by molar-refractivity contribution is 5.99. The van der Waals surface area contributed by atoms with E-state index in [4.69, 9.17) is 4.52 Å². The Morgan fingerprint density at radius 1 is 1.28 bits per heavy atom. The number of aryl methyl sites for hydroxylation is 2. The van der Waals surface area contributed by atoms with Crippen molar-refractivity contribution in [2.45, 2.75) is 20.3 Å². The van der Waals surface area contributed by atoms with Crippen LogP contribution in [0.1, 0.15) is 18.2 Å². The predicted molar refractivity (Wildman–Crippen MR) is 69.7 cm³/mol. The van der Waals surface area contributed by atoms with Gasteiger partial charge in [-0.05, 0) is 31.0 Å². The fourth-order valence-corrected chi connectivity index (χ4v) is 1.53. The van der Waals surface area contributed by atoms with Crippen molar-refractivity contribution >= 4 is 17.5 Å². The molecule has 2 aromatic rings. The number of anilines is 2. The highest BCUT2D eigenvalue weighted by Gasteiger charge is 2.05. The summed E-state index contributed by atoms with van der Waals surface area (Å²) in [5.74, 6) is 1.05. The molecule has 5 nitrogen and oxygen atoms in total. The largest absolute Gasteiger partial charge is 0.360 e. The SMILES string of the molecule is CCc1ccc(NC(=O)Nc2cc(C)on2)cc1. The monoisotopic (exact) mass is 245 g/mol. The molecular formula is C13H15N3O2. The number of aromatic nitrogens is 1. The number of nitrogens with zero attached hydrogens (tertiary/aromatic N) is 1. The summed E-state index contributed by atoms with van der Waals surface area (Å²) in [5, 5.41) is 8.98. The van der Waals surface area contributed by atoms with Gasteiger partial charge in [0, 0.05) is 11.8 Å². The van der Waals surface area contributed by atoms with E-state index >= 15 is 0 Å². The number of urea groups is 1. The van der Waals surface area contributed by atoms with Gasteiger partial charge in [0.15, 0.2) is 5.82 Å². The van der Waals surface area contributed by atoms with Crippen LogP contribution < -0.4 is 10.6 Å². The average Bonchev–Trinajstić information content (AvgIpc) is 2.75. The van der Waals surface area contributed by atoms with E-state index in [0.29, 0.717) is 11.6 Å². The number of nitrogens with one attached hydrogen (secondary N) is 2. The van der Waals surface area contributed by atoms with Gasteiger partial charge in [0.1, 0.15) is 5.76 Å². The van der Waals surface area contributed by atoms with E-state index in [2.05, 4.69) is 22.7 Å². The molecule has 94 valence electrons. The third kappa shape index (κ3) is 3.10. The molecule has 0 bridgehead atoms. The predicted octanol–water partition coefficient (Wildman–Crippen LogP) is 3.19. The molecular weight excluding hydrogens is 230 g/mol. The normalized spacial score (nSPS) is 10.1. The van der Waals surface area contributed by atoms with Crippen molar-refractivity contribution in [3.8, 4) is 0 Å². The maximum Gasteiger partial charge on any atom is 0.324 e. The summed E-state index contributed by atoms with van der Waals surface area (Å²) in [6.07, 6.45) is 0.977. The van der Waals surface area contributed by atoms with Gasteiger partial charge in [-0.15, -0.1) is 0 Å². The molecule has 0 radical (unpaired) electrons. The van der Waals surface area contributed by atoms with E-state index in [1.807, 2.05) is 24.3 Å². The number of benzene rings is 1. The Morgan fingerprint density at radius 2 is 2.00 bits per heavy atom. The second-order valence-corrected chi connectivity index (χ2v) is 3.95. The molecule has 0 fully saturated rings. The third-order valence-corrected chi connectivity index (χ3v) is 2.49. The van der Waals surface area contributed by atoms with Gasteiger partial charge in [-0.2, -0.15) is 0 Å². The van der Waals surface area contributed by atoms with E-state index in [-0.39, 0.29) is 6.03 Å². The van der Waals surface area contributed by atoms with Crippen molar-refractivity contribution in [3.63, 3.8) is 0 Å². The van der Waals surface area contributed by atoms with Gasteiger partial charge in [0.05, 0.1) is 0 Å². The van der Waals surface area contributed by atoms with Gasteiger partial charge in [-0.25, -0.2) is 4.79 Å². The first-order valence-corrected chi connectivity index (χ1v) is 5.77. The molecule has 2 amide bonds. The summed E-state index contributed by atoms with van der Waals surface area (Å²) in [6, 6.07) is 9.01. The Bertz CT molecular complexity index is 531. The number of rotatable bonds is 3. The van der Waals surface area contributed by atoms with E-state index in [9.17, 15) is 4.79 Å². The molecule has 18 heavy (non-hydrogen) atoms. The summed E-state index contributed by atoms with van der Waals surface area (Å²) >= 11 is 0. The first-order chi connectivity index (χ1) is 8.67. The minimum Gasteiger partial charge on any atom is -0.360 e. The summed E-state index contributed by atoms with van der Waals surface area (Å²) in [7, 11) is 0. The van der Waals surface area contributed by atoms with Gasteiger partial charge in [-0.3, -0.25) is 5.32 Å². The number of hydrogen-bond donors (Lipinski definition) is 2. The lowest BCUT2D eigenvalue weighted by Crippen LogP contribution is -2.19. The first-order valence-electron chi connectivity index (χ1n) is 5.77. The van der Waals surface area contributed by atoms with Crippen LogP contribution in [0, 0.1) is 6.92 Å². The van der Waals surface area contributed by atoms with Crippen LogP contribution in [0.5, 0.6) is 0 Å². The lowest BCUT2D eigenvalue weighted by atomic mass is 10.1. The molecule has 2 N–H and O–H groups in total. The molecule has 0 spiro atoms. The smallest absolute Gasteiger partial charge is 0.324 e.